The summed E-state index contributed by atoms with van der Waals surface area (Å²) in [7, 11) is 1.65. The van der Waals surface area contributed by atoms with Gasteiger partial charge in [0.15, 0.2) is 0 Å². The predicted octanol–water partition coefficient (Wildman–Crippen LogP) is 3.55. The number of hydrogen-bond acceptors (Lipinski definition) is 4. The quantitative estimate of drug-likeness (QED) is 0.902. The van der Waals surface area contributed by atoms with E-state index in [2.05, 4.69) is 28.6 Å². The van der Waals surface area contributed by atoms with E-state index >= 15 is 0 Å². The lowest BCUT2D eigenvalue weighted by atomic mass is 10.0. The third-order valence-electron chi connectivity index (χ3n) is 4.73. The van der Waals surface area contributed by atoms with Gasteiger partial charge in [-0.3, -0.25) is 9.69 Å². The number of rotatable bonds is 5. The van der Waals surface area contributed by atoms with Crippen LogP contribution in [0.2, 0.25) is 0 Å². The first kappa shape index (κ1) is 17.0. The fourth-order valence-corrected chi connectivity index (χ4v) is 4.31. The van der Waals surface area contributed by atoms with Crippen molar-refractivity contribution in [1.82, 2.24) is 10.2 Å². The Kier molecular flexibility index (Phi) is 5.21. The van der Waals surface area contributed by atoms with E-state index in [1.165, 1.54) is 10.4 Å². The number of methoxy groups -OCH3 is 1. The van der Waals surface area contributed by atoms with Gasteiger partial charge in [0.2, 0.25) is 5.91 Å². The lowest BCUT2D eigenvalue weighted by molar-refractivity contribution is -0.123. The van der Waals surface area contributed by atoms with Crippen molar-refractivity contribution in [2.24, 2.45) is 0 Å². The molecule has 2 heterocycles. The first-order valence-corrected chi connectivity index (χ1v) is 9.20. The molecule has 1 aromatic carbocycles. The maximum absolute atomic E-state index is 12.5. The Morgan fingerprint density at radius 1 is 1.42 bits per heavy atom. The molecule has 0 saturated heterocycles. The lowest BCUT2D eigenvalue weighted by Crippen LogP contribution is -2.42. The van der Waals surface area contributed by atoms with E-state index in [1.54, 1.807) is 7.11 Å². The van der Waals surface area contributed by atoms with Gasteiger partial charge in [0, 0.05) is 23.0 Å². The van der Waals surface area contributed by atoms with Crippen molar-refractivity contribution in [3.63, 3.8) is 0 Å². The standard InChI is InChI=1S/C19H24N2O2S/c1-13(15-6-4-5-7-17(15)23-3)20-19(22)12-21-10-8-18-16(14(21)2)9-11-24-18/h4-7,9,11,13-14H,8,10,12H2,1-3H3,(H,20,22)/t13-,14-/m1/s1. The summed E-state index contributed by atoms with van der Waals surface area (Å²) in [5.74, 6) is 0.860. The maximum atomic E-state index is 12.5. The minimum absolute atomic E-state index is 0.0546. The summed E-state index contributed by atoms with van der Waals surface area (Å²) >= 11 is 1.82. The molecule has 5 heteroatoms. The van der Waals surface area contributed by atoms with Crippen molar-refractivity contribution in [2.45, 2.75) is 32.4 Å². The van der Waals surface area contributed by atoms with Crippen LogP contribution in [0.25, 0.3) is 0 Å². The van der Waals surface area contributed by atoms with Crippen LogP contribution in [0.1, 0.15) is 41.9 Å². The topological polar surface area (TPSA) is 41.6 Å². The molecule has 2 aromatic rings. The normalized spacial score (nSPS) is 18.7. The molecule has 1 aromatic heterocycles. The number of carbonyl (C=O) groups is 1. The van der Waals surface area contributed by atoms with E-state index in [9.17, 15) is 4.79 Å². The highest BCUT2D eigenvalue weighted by Gasteiger charge is 2.26. The molecule has 0 radical (unpaired) electrons. The number of benzene rings is 1. The molecule has 2 atom stereocenters. The zero-order valence-electron chi connectivity index (χ0n) is 14.4. The van der Waals surface area contributed by atoms with Crippen molar-refractivity contribution in [3.05, 3.63) is 51.7 Å². The lowest BCUT2D eigenvalue weighted by Gasteiger charge is -2.33. The van der Waals surface area contributed by atoms with Crippen LogP contribution in [-0.2, 0) is 11.2 Å². The van der Waals surface area contributed by atoms with Gasteiger partial charge in [-0.1, -0.05) is 18.2 Å². The molecule has 0 bridgehead atoms. The van der Waals surface area contributed by atoms with Crippen LogP contribution in [0.4, 0.5) is 0 Å². The largest absolute Gasteiger partial charge is 0.496 e. The van der Waals surface area contributed by atoms with Crippen LogP contribution in [0.5, 0.6) is 5.75 Å². The second kappa shape index (κ2) is 7.36. The molecule has 1 aliphatic heterocycles. The number of amides is 1. The highest BCUT2D eigenvalue weighted by molar-refractivity contribution is 7.10. The zero-order valence-corrected chi connectivity index (χ0v) is 15.2. The Bertz CT molecular complexity index is 713. The second-order valence-electron chi connectivity index (χ2n) is 6.23. The highest BCUT2D eigenvalue weighted by atomic mass is 32.1. The third kappa shape index (κ3) is 3.47. The monoisotopic (exact) mass is 344 g/mol. The van der Waals surface area contributed by atoms with E-state index in [4.69, 9.17) is 4.74 Å². The third-order valence-corrected chi connectivity index (χ3v) is 5.73. The fraction of sp³-hybridized carbons (Fsp3) is 0.421. The van der Waals surface area contributed by atoms with Crippen molar-refractivity contribution in [3.8, 4) is 5.75 Å². The summed E-state index contributed by atoms with van der Waals surface area (Å²) < 4.78 is 5.38. The summed E-state index contributed by atoms with van der Waals surface area (Å²) in [4.78, 5) is 16.2. The molecule has 0 spiro atoms. The van der Waals surface area contributed by atoms with E-state index in [0.29, 0.717) is 12.6 Å². The van der Waals surface area contributed by atoms with Gasteiger partial charge in [0.1, 0.15) is 5.75 Å². The molecule has 3 rings (SSSR count). The molecule has 128 valence electrons. The molecule has 4 nitrogen and oxygen atoms in total. The molecule has 1 aliphatic rings. The van der Waals surface area contributed by atoms with Gasteiger partial charge in [0.05, 0.1) is 19.7 Å². The van der Waals surface area contributed by atoms with Crippen LogP contribution in [0, 0.1) is 0 Å². The molecule has 0 aliphatic carbocycles. The summed E-state index contributed by atoms with van der Waals surface area (Å²) in [5.41, 5.74) is 2.37. The van der Waals surface area contributed by atoms with Crippen molar-refractivity contribution in [1.29, 1.82) is 0 Å². The van der Waals surface area contributed by atoms with Crippen molar-refractivity contribution < 1.29 is 9.53 Å². The number of para-hydroxylation sites is 1. The van der Waals surface area contributed by atoms with E-state index < -0.39 is 0 Å². The number of ether oxygens (including phenoxy) is 1. The molecule has 0 fully saturated rings. The van der Waals surface area contributed by atoms with Gasteiger partial charge in [-0.15, -0.1) is 11.3 Å². The van der Waals surface area contributed by atoms with E-state index in [0.717, 1.165) is 24.3 Å². The number of nitrogens with zero attached hydrogens (tertiary/aromatic N) is 1. The zero-order chi connectivity index (χ0) is 17.1. The minimum Gasteiger partial charge on any atom is -0.496 e. The molecular formula is C19H24N2O2S. The van der Waals surface area contributed by atoms with Gasteiger partial charge in [-0.2, -0.15) is 0 Å². The Balaban J connectivity index is 1.62. The number of nitrogens with one attached hydrogen (secondary N) is 1. The van der Waals surface area contributed by atoms with Crippen LogP contribution in [0.3, 0.4) is 0 Å². The Morgan fingerprint density at radius 2 is 2.21 bits per heavy atom. The number of fused-ring (bicyclic) bond motifs is 1. The van der Waals surface area contributed by atoms with Gasteiger partial charge in [0.25, 0.3) is 0 Å². The van der Waals surface area contributed by atoms with Crippen LogP contribution < -0.4 is 10.1 Å². The maximum Gasteiger partial charge on any atom is 0.234 e. The average Bonchev–Trinajstić information content (AvgIpc) is 3.06. The first-order chi connectivity index (χ1) is 11.6. The highest BCUT2D eigenvalue weighted by Crippen LogP contribution is 2.32. The Hall–Kier alpha value is -1.85. The van der Waals surface area contributed by atoms with Crippen molar-refractivity contribution >= 4 is 17.2 Å². The fourth-order valence-electron chi connectivity index (χ4n) is 3.35. The average molecular weight is 344 g/mol. The second-order valence-corrected chi connectivity index (χ2v) is 7.23. The Morgan fingerprint density at radius 3 is 3.00 bits per heavy atom. The molecule has 0 saturated carbocycles. The SMILES string of the molecule is COc1ccccc1[C@@H](C)NC(=O)CN1CCc2sccc2[C@H]1C. The van der Waals surface area contributed by atoms with Crippen LogP contribution >= 0.6 is 11.3 Å². The van der Waals surface area contributed by atoms with Crippen LogP contribution in [-0.4, -0.2) is 31.0 Å². The molecular weight excluding hydrogens is 320 g/mol. The van der Waals surface area contributed by atoms with E-state index in [-0.39, 0.29) is 11.9 Å². The summed E-state index contributed by atoms with van der Waals surface area (Å²) in [6.07, 6.45) is 1.03. The number of thiophene rings is 1. The molecule has 1 amide bonds. The van der Waals surface area contributed by atoms with Gasteiger partial charge >= 0.3 is 0 Å². The minimum atomic E-state index is -0.0783. The molecule has 1 N–H and O–H groups in total. The number of carbonyl (C=O) groups excluding carboxylic acids is 1. The van der Waals surface area contributed by atoms with Crippen LogP contribution in [0.15, 0.2) is 35.7 Å². The summed E-state index contributed by atoms with van der Waals surface area (Å²) in [6, 6.07) is 10.2. The number of hydrogen-bond donors (Lipinski definition) is 1. The molecule has 24 heavy (non-hydrogen) atoms. The first-order valence-electron chi connectivity index (χ1n) is 8.32. The van der Waals surface area contributed by atoms with Gasteiger partial charge < -0.3 is 10.1 Å². The summed E-state index contributed by atoms with van der Waals surface area (Å²) in [5, 5.41) is 5.25. The molecule has 0 unspecified atom stereocenters. The van der Waals surface area contributed by atoms with Gasteiger partial charge in [-0.05, 0) is 43.3 Å². The summed E-state index contributed by atoms with van der Waals surface area (Å²) in [6.45, 7) is 5.54. The van der Waals surface area contributed by atoms with Gasteiger partial charge in [-0.25, -0.2) is 0 Å². The predicted molar refractivity (Wildman–Crippen MR) is 97.6 cm³/mol. The smallest absolute Gasteiger partial charge is 0.234 e. The Labute approximate surface area is 147 Å². The van der Waals surface area contributed by atoms with E-state index in [1.807, 2.05) is 42.5 Å². The van der Waals surface area contributed by atoms with Crippen molar-refractivity contribution in [2.75, 3.05) is 20.2 Å².